The molecule has 4 nitrogen and oxygen atoms in total. The molecule has 0 aliphatic carbocycles. The minimum Gasteiger partial charge on any atom is -0.456 e. The molecule has 0 aliphatic rings. The first-order chi connectivity index (χ1) is 25.1. The largest absolute Gasteiger partial charge is 0.456 e. The van der Waals surface area contributed by atoms with Crippen molar-refractivity contribution in [3.8, 4) is 0 Å². The third kappa shape index (κ3) is 20.8. The average Bonchev–Trinajstić information content (AvgIpc) is 3.94. The van der Waals surface area contributed by atoms with Crippen molar-refractivity contribution in [1.82, 2.24) is 0 Å². The smallest absolute Gasteiger partial charge is 0.136 e. The van der Waals surface area contributed by atoms with Crippen molar-refractivity contribution in [2.75, 3.05) is 0 Å². The minimum absolute atomic E-state index is 0. The Hall–Kier alpha value is 4.46. The molecule has 327 valence electrons. The van der Waals surface area contributed by atoms with Crippen LogP contribution in [0, 0.1) is 37.1 Å². The first-order valence-electron chi connectivity index (χ1n) is 18.6. The summed E-state index contributed by atoms with van der Waals surface area (Å²) in [6.45, 7) is 16.6. The van der Waals surface area contributed by atoms with E-state index < -0.39 is 0 Å². The molecular formula is C52H63O4Y9-5. The molecule has 10 aromatic rings. The fourth-order valence-electron chi connectivity index (χ4n) is 6.52. The van der Waals surface area contributed by atoms with Crippen LogP contribution < -0.4 is 0 Å². The molecule has 0 saturated heterocycles. The monoisotopic (exact) mass is 1550 g/mol. The number of rotatable bonds is 2. The summed E-state index contributed by atoms with van der Waals surface area (Å²) in [7, 11) is 0. The van der Waals surface area contributed by atoms with Gasteiger partial charge in [0.1, 0.15) is 44.7 Å². The van der Waals surface area contributed by atoms with E-state index in [1.165, 1.54) is 17.5 Å². The van der Waals surface area contributed by atoms with E-state index in [1.54, 1.807) is 0 Å². The van der Waals surface area contributed by atoms with Gasteiger partial charge < -0.3 is 54.8 Å². The van der Waals surface area contributed by atoms with E-state index in [0.717, 1.165) is 101 Å². The molecule has 13 heteroatoms. The molecule has 4 heterocycles. The van der Waals surface area contributed by atoms with Crippen LogP contribution >= 0.6 is 0 Å². The molecule has 0 saturated carbocycles. The Bertz CT molecular complexity index is 2560. The number of aryl methyl sites for hydroxylation is 2. The summed E-state index contributed by atoms with van der Waals surface area (Å²) >= 11 is 0. The third-order valence-electron chi connectivity index (χ3n) is 8.88. The molecule has 0 spiro atoms. The summed E-state index contributed by atoms with van der Waals surface area (Å²) in [6, 6.07) is 37.5. The van der Waals surface area contributed by atoms with Gasteiger partial charge in [0.05, 0.1) is 0 Å². The fraction of sp³-hybridized carbons (Fsp3) is 0.212. The molecule has 0 aliphatic heterocycles. The van der Waals surface area contributed by atoms with E-state index in [-0.39, 0.29) is 332 Å². The quantitative estimate of drug-likeness (QED) is 0.162. The maximum atomic E-state index is 6.04. The zero-order chi connectivity index (χ0) is 36.1. The van der Waals surface area contributed by atoms with E-state index in [0.29, 0.717) is 0 Å². The number of benzene rings is 6. The number of hydrogen-bond acceptors (Lipinski definition) is 4. The SMILES string of the molecule is CC.CC.CCC.CCc1ccc2oc3cc4c(cc3c2c1)oc1ccccc14.CCc1ccc2oc3cc4c(cc3c2c1)oc1ccccc14.[CH3-].[CH3-].[CH3-].[CH3-].[CH3-].[Y].[Y].[Y].[Y].[Y].[Y].[Y].[Y].[Y]. The number of para-hydroxylation sites is 2. The topological polar surface area (TPSA) is 52.6 Å². The molecule has 0 fully saturated rings. The van der Waals surface area contributed by atoms with Gasteiger partial charge in [-0.2, -0.15) is 0 Å². The number of fused-ring (bicyclic) bond motifs is 12. The second kappa shape index (κ2) is 44.7. The Morgan fingerprint density at radius 3 is 0.754 bits per heavy atom. The predicted octanol–water partition coefficient (Wildman–Crippen LogP) is 17.8. The molecule has 0 unspecified atom stereocenters. The Balaban J connectivity index is -0.000000102. The van der Waals surface area contributed by atoms with Gasteiger partial charge in [-0.25, -0.2) is 0 Å². The van der Waals surface area contributed by atoms with Gasteiger partial charge in [-0.05, 0) is 84.6 Å². The van der Waals surface area contributed by atoms with Crippen molar-refractivity contribution in [3.05, 3.63) is 157 Å². The Labute approximate surface area is 618 Å². The molecular weight excluding hydrogens is 1490 g/mol. The Morgan fingerprint density at radius 1 is 0.277 bits per heavy atom. The van der Waals surface area contributed by atoms with E-state index in [9.17, 15) is 0 Å². The minimum atomic E-state index is 0. The molecule has 9 radical (unpaired) electrons. The maximum absolute atomic E-state index is 6.04. The average molecular weight is 1550 g/mol. The van der Waals surface area contributed by atoms with Crippen molar-refractivity contribution in [2.24, 2.45) is 0 Å². The molecule has 65 heavy (non-hydrogen) atoms. The standard InChI is InChI=1S/2C20H14O2.C3H8.2C2H6.5CH3.9Y/c2*1-2-12-7-8-18-14(9-12)16-11-19-15(10-20(16)22-18)13-5-3-4-6-17(13)21-19;1-3-2;2*1-2;;;;;;;;;;;;;;/h2*3-11H,2H2,1H3;3H2,1-2H3;2*1-2H3;5*1H3;;;;;;;;;/q;;;;;5*-1;;;;;;;;;. The van der Waals surface area contributed by atoms with Crippen LogP contribution in [0.25, 0.3) is 87.8 Å². The van der Waals surface area contributed by atoms with Gasteiger partial charge in [0.2, 0.25) is 0 Å². The maximum Gasteiger partial charge on any atom is 0.136 e. The van der Waals surface area contributed by atoms with Gasteiger partial charge in [0.15, 0.2) is 0 Å². The van der Waals surface area contributed by atoms with Crippen molar-refractivity contribution in [2.45, 2.75) is 74.7 Å². The zero-order valence-electron chi connectivity index (χ0n) is 41.3. The molecule has 0 N–H and O–H groups in total. The van der Waals surface area contributed by atoms with E-state index in [4.69, 9.17) is 17.7 Å². The molecule has 4 aromatic heterocycles. The fourth-order valence-corrected chi connectivity index (χ4v) is 6.52. The normalized spacial score (nSPS) is 8.62. The summed E-state index contributed by atoms with van der Waals surface area (Å²) in [5.41, 5.74) is 10.0. The second-order valence-corrected chi connectivity index (χ2v) is 12.2. The van der Waals surface area contributed by atoms with Crippen molar-refractivity contribution < 1.29 is 312 Å². The summed E-state index contributed by atoms with van der Waals surface area (Å²) in [4.78, 5) is 0. The van der Waals surface area contributed by atoms with Crippen molar-refractivity contribution >= 4 is 87.8 Å². The van der Waals surface area contributed by atoms with Crippen LogP contribution in [0.15, 0.2) is 127 Å². The van der Waals surface area contributed by atoms with Crippen LogP contribution in [0.5, 0.6) is 0 Å². The van der Waals surface area contributed by atoms with E-state index >= 15 is 0 Å². The van der Waals surface area contributed by atoms with Crippen LogP contribution in [0.1, 0.15) is 72.9 Å². The van der Waals surface area contributed by atoms with Crippen LogP contribution in [0.2, 0.25) is 0 Å². The van der Waals surface area contributed by atoms with Gasteiger partial charge in [-0.3, -0.25) is 0 Å². The van der Waals surface area contributed by atoms with Gasteiger partial charge in [-0.15, -0.1) is 0 Å². The van der Waals surface area contributed by atoms with Crippen LogP contribution in [-0.2, 0) is 307 Å². The molecule has 10 rings (SSSR count). The van der Waals surface area contributed by atoms with Crippen LogP contribution in [-0.4, -0.2) is 0 Å². The third-order valence-corrected chi connectivity index (χ3v) is 8.88. The first-order valence-corrected chi connectivity index (χ1v) is 18.6. The molecule has 0 amide bonds. The summed E-state index contributed by atoms with van der Waals surface area (Å²) < 4.78 is 24.1. The van der Waals surface area contributed by atoms with Crippen LogP contribution in [0.4, 0.5) is 0 Å². The van der Waals surface area contributed by atoms with Crippen LogP contribution in [0.3, 0.4) is 0 Å². The molecule has 0 bridgehead atoms. The van der Waals surface area contributed by atoms with Crippen molar-refractivity contribution in [3.63, 3.8) is 0 Å². The van der Waals surface area contributed by atoms with Crippen molar-refractivity contribution in [1.29, 1.82) is 0 Å². The summed E-state index contributed by atoms with van der Waals surface area (Å²) in [6.07, 6.45) is 3.30. The Morgan fingerprint density at radius 2 is 0.492 bits per heavy atom. The summed E-state index contributed by atoms with van der Waals surface area (Å²) in [5.74, 6) is 0. The van der Waals surface area contributed by atoms with Gasteiger partial charge in [0, 0.05) is 337 Å². The van der Waals surface area contributed by atoms with E-state index in [2.05, 4.69) is 100 Å². The first kappa shape index (κ1) is 89.1. The zero-order valence-corrected chi connectivity index (χ0v) is 66.9. The Kier molecular flexibility index (Phi) is 61.3. The predicted molar refractivity (Wildman–Crippen MR) is 251 cm³/mol. The summed E-state index contributed by atoms with van der Waals surface area (Å²) in [5, 5.41) is 9.06. The van der Waals surface area contributed by atoms with Gasteiger partial charge >= 0.3 is 0 Å². The second-order valence-electron chi connectivity index (χ2n) is 12.2. The number of hydrogen-bond donors (Lipinski definition) is 0. The molecule has 6 aromatic carbocycles. The molecule has 0 atom stereocenters. The van der Waals surface area contributed by atoms with Gasteiger partial charge in [-0.1, -0.05) is 110 Å². The van der Waals surface area contributed by atoms with E-state index in [1.807, 2.05) is 64.1 Å². The number of furan rings is 4. The van der Waals surface area contributed by atoms with Gasteiger partial charge in [0.25, 0.3) is 0 Å².